The van der Waals surface area contributed by atoms with Crippen LogP contribution in [0, 0.1) is 5.82 Å². The number of nitrogens with two attached hydrogens (primary N) is 1. The second kappa shape index (κ2) is 10.9. The van der Waals surface area contributed by atoms with Crippen molar-refractivity contribution in [2.45, 2.75) is 32.1 Å². The molecule has 0 radical (unpaired) electrons. The first kappa shape index (κ1) is 25.6. The van der Waals surface area contributed by atoms with Crippen LogP contribution in [-0.4, -0.2) is 53.1 Å². The maximum absolute atomic E-state index is 13.3. The van der Waals surface area contributed by atoms with Crippen LogP contribution in [0.3, 0.4) is 0 Å². The number of aliphatic hydroxyl groups is 2. The molecule has 3 aromatic rings. The molecule has 2 unspecified atom stereocenters. The lowest BCUT2D eigenvalue weighted by Gasteiger charge is -2.21. The number of hydrogen-bond acceptors (Lipinski definition) is 8. The van der Waals surface area contributed by atoms with E-state index >= 15 is 0 Å². The van der Waals surface area contributed by atoms with Crippen LogP contribution in [0.15, 0.2) is 41.3 Å². The van der Waals surface area contributed by atoms with Gasteiger partial charge in [0.1, 0.15) is 11.4 Å². The topological polar surface area (TPSA) is 171 Å². The summed E-state index contributed by atoms with van der Waals surface area (Å²) in [6, 6.07) is 7.56. The largest absolute Gasteiger partial charge is 0.771 e. The van der Waals surface area contributed by atoms with Crippen LogP contribution in [0.5, 0.6) is 0 Å². The zero-order valence-electron chi connectivity index (χ0n) is 18.2. The van der Waals surface area contributed by atoms with E-state index in [9.17, 15) is 33.0 Å². The Morgan fingerprint density at radius 3 is 2.56 bits per heavy atom. The average Bonchev–Trinajstić information content (AvgIpc) is 2.77. The van der Waals surface area contributed by atoms with E-state index in [-0.39, 0.29) is 35.9 Å². The molecule has 0 aliphatic carbocycles. The summed E-state index contributed by atoms with van der Waals surface area (Å²) < 4.78 is 36.1. The molecule has 0 aliphatic rings. The molecule has 1 amide bonds. The van der Waals surface area contributed by atoms with E-state index in [0.29, 0.717) is 17.5 Å². The first-order chi connectivity index (χ1) is 16.1. The van der Waals surface area contributed by atoms with Gasteiger partial charge >= 0.3 is 0 Å². The average molecular weight is 492 g/mol. The summed E-state index contributed by atoms with van der Waals surface area (Å²) >= 11 is -2.33. The number of halogens is 1. The molecule has 2 atom stereocenters. The Morgan fingerprint density at radius 1 is 1.29 bits per heavy atom. The predicted octanol–water partition coefficient (Wildman–Crippen LogP) is 0.0657. The monoisotopic (exact) mass is 491 g/mol. The smallest absolute Gasteiger partial charge is 0.264 e. The van der Waals surface area contributed by atoms with E-state index in [4.69, 9.17) is 5.73 Å². The zero-order valence-corrected chi connectivity index (χ0v) is 19.0. The Morgan fingerprint density at radius 2 is 1.97 bits per heavy atom. The number of nitrogens with zero attached hydrogens (tertiary/aromatic N) is 2. The molecular formula is C22H24FN4O6S-. The van der Waals surface area contributed by atoms with Gasteiger partial charge < -0.3 is 30.4 Å². The van der Waals surface area contributed by atoms with Gasteiger partial charge in [0.15, 0.2) is 6.29 Å². The molecule has 2 heterocycles. The van der Waals surface area contributed by atoms with Gasteiger partial charge in [-0.15, -0.1) is 0 Å². The highest BCUT2D eigenvalue weighted by molar-refractivity contribution is 7.79. The highest BCUT2D eigenvalue weighted by Crippen LogP contribution is 2.28. The zero-order chi connectivity index (χ0) is 25.0. The van der Waals surface area contributed by atoms with Crippen LogP contribution < -0.4 is 16.6 Å². The van der Waals surface area contributed by atoms with Crippen LogP contribution in [0.4, 0.5) is 4.39 Å². The number of primary amides is 1. The number of nitrogens with one attached hydrogen (secondary N) is 1. The van der Waals surface area contributed by atoms with E-state index in [1.807, 2.05) is 0 Å². The molecule has 0 aliphatic heterocycles. The van der Waals surface area contributed by atoms with Crippen molar-refractivity contribution in [2.24, 2.45) is 5.73 Å². The van der Waals surface area contributed by atoms with Gasteiger partial charge in [-0.2, -0.15) is 0 Å². The van der Waals surface area contributed by atoms with Gasteiger partial charge in [0.2, 0.25) is 0 Å². The standard InChI is InChI=1S/C22H25FN4O6S/c1-12(22(30)31)17-18(20(24)28)21(29)27(7-6-25-11-34(32)33)16-9-14(10-26-19(16)17)8-13-2-4-15(23)5-3-13/h2-5,9-10,12,22,25,30-31H,6-8,11H2,1H3,(H2,24,28)(H,32,33)/p-1. The van der Waals surface area contributed by atoms with Gasteiger partial charge in [-0.05, 0) is 46.8 Å². The van der Waals surface area contributed by atoms with Crippen LogP contribution in [-0.2, 0) is 24.0 Å². The maximum atomic E-state index is 13.3. The number of aromatic nitrogens is 2. The number of benzene rings is 1. The maximum Gasteiger partial charge on any atom is 0.264 e. The molecule has 0 saturated heterocycles. The third kappa shape index (κ3) is 5.72. The van der Waals surface area contributed by atoms with Gasteiger partial charge in [0.25, 0.3) is 11.5 Å². The number of fused-ring (bicyclic) bond motifs is 1. The molecule has 12 heteroatoms. The van der Waals surface area contributed by atoms with Crippen molar-refractivity contribution in [1.82, 2.24) is 14.9 Å². The number of hydrogen-bond donors (Lipinski definition) is 4. The molecule has 2 aromatic heterocycles. The molecule has 0 saturated carbocycles. The first-order valence-electron chi connectivity index (χ1n) is 10.3. The molecule has 34 heavy (non-hydrogen) atoms. The quantitative estimate of drug-likeness (QED) is 0.175. The minimum Gasteiger partial charge on any atom is -0.771 e. The van der Waals surface area contributed by atoms with Crippen LogP contribution in [0.2, 0.25) is 0 Å². The van der Waals surface area contributed by atoms with Crippen molar-refractivity contribution in [3.63, 3.8) is 0 Å². The third-order valence-electron chi connectivity index (χ3n) is 5.40. The normalized spacial score (nSPS) is 13.4. The number of rotatable bonds is 10. The van der Waals surface area contributed by atoms with E-state index in [1.165, 1.54) is 29.8 Å². The van der Waals surface area contributed by atoms with Crippen LogP contribution >= 0.6 is 0 Å². The molecule has 0 bridgehead atoms. The fraction of sp³-hybridized carbons (Fsp3) is 0.318. The highest BCUT2D eigenvalue weighted by atomic mass is 32.2. The van der Waals surface area contributed by atoms with Gasteiger partial charge in [-0.3, -0.25) is 18.8 Å². The second-order valence-electron chi connectivity index (χ2n) is 7.77. The van der Waals surface area contributed by atoms with Crippen molar-refractivity contribution < 1.29 is 28.2 Å². The number of aliphatic hydroxyl groups excluding tert-OH is 1. The first-order valence-corrected chi connectivity index (χ1v) is 11.6. The van der Waals surface area contributed by atoms with Gasteiger partial charge in [0, 0.05) is 30.8 Å². The van der Waals surface area contributed by atoms with Gasteiger partial charge in [-0.25, -0.2) is 4.39 Å². The number of carbonyl (C=O) groups is 1. The second-order valence-corrected chi connectivity index (χ2v) is 8.67. The van der Waals surface area contributed by atoms with E-state index in [0.717, 1.165) is 5.56 Å². The van der Waals surface area contributed by atoms with Crippen molar-refractivity contribution in [3.8, 4) is 0 Å². The SMILES string of the molecule is CC(c1c(C(N)=O)c(=O)n(CCNCS(=O)[O-])c2cc(Cc3ccc(F)cc3)cnc12)C(O)O. The molecule has 3 rings (SSSR count). The fourth-order valence-corrected chi connectivity index (χ4v) is 4.03. The molecule has 5 N–H and O–H groups in total. The summed E-state index contributed by atoms with van der Waals surface area (Å²) in [5.41, 5.74) is 6.29. The minimum absolute atomic E-state index is 0.00909. The van der Waals surface area contributed by atoms with E-state index in [2.05, 4.69) is 10.3 Å². The Bertz CT molecular complexity index is 1280. The summed E-state index contributed by atoms with van der Waals surface area (Å²) in [4.78, 5) is 29.9. The summed E-state index contributed by atoms with van der Waals surface area (Å²) in [5.74, 6) is -2.80. The lowest BCUT2D eigenvalue weighted by atomic mass is 9.93. The van der Waals surface area contributed by atoms with Gasteiger partial charge in [0.05, 0.1) is 16.9 Å². The lowest BCUT2D eigenvalue weighted by Crippen LogP contribution is -2.36. The van der Waals surface area contributed by atoms with Crippen molar-refractivity contribution in [2.75, 3.05) is 12.4 Å². The highest BCUT2D eigenvalue weighted by Gasteiger charge is 2.28. The molecule has 1 aromatic carbocycles. The molecule has 0 spiro atoms. The fourth-order valence-electron chi connectivity index (χ4n) is 3.72. The summed E-state index contributed by atoms with van der Waals surface area (Å²) in [6.07, 6.45) is 0.00549. The van der Waals surface area contributed by atoms with E-state index in [1.54, 1.807) is 18.2 Å². The Kier molecular flexibility index (Phi) is 8.23. The van der Waals surface area contributed by atoms with Crippen LogP contribution in [0.1, 0.15) is 39.9 Å². The lowest BCUT2D eigenvalue weighted by molar-refractivity contribution is -0.0559. The molecular weight excluding hydrogens is 467 g/mol. The summed E-state index contributed by atoms with van der Waals surface area (Å²) in [7, 11) is 0. The molecule has 182 valence electrons. The Hall–Kier alpha value is -3.03. The number of amides is 1. The van der Waals surface area contributed by atoms with Crippen LogP contribution in [0.25, 0.3) is 11.0 Å². The number of pyridine rings is 2. The minimum atomic E-state index is -2.33. The molecule has 0 fully saturated rings. The summed E-state index contributed by atoms with van der Waals surface area (Å²) in [6.45, 7) is 1.50. The Balaban J connectivity index is 2.19. The predicted molar refractivity (Wildman–Crippen MR) is 122 cm³/mol. The van der Waals surface area contributed by atoms with Crippen molar-refractivity contribution >= 4 is 28.0 Å². The summed E-state index contributed by atoms with van der Waals surface area (Å²) in [5, 5.41) is 22.2. The Labute approximate surface area is 196 Å². The van der Waals surface area contributed by atoms with Crippen molar-refractivity contribution in [3.05, 3.63) is 75.0 Å². The van der Waals surface area contributed by atoms with Crippen molar-refractivity contribution in [1.29, 1.82) is 0 Å². The van der Waals surface area contributed by atoms with E-state index < -0.39 is 40.3 Å². The number of carbonyl (C=O) groups excluding carboxylic acids is 1. The third-order valence-corrected chi connectivity index (χ3v) is 5.84. The van der Waals surface area contributed by atoms with Gasteiger partial charge in [-0.1, -0.05) is 19.1 Å². The molecule has 10 nitrogen and oxygen atoms in total.